The highest BCUT2D eigenvalue weighted by atomic mass is 16.6. The maximum Gasteiger partial charge on any atom is 0.410 e. The van der Waals surface area contributed by atoms with E-state index in [-0.39, 0.29) is 6.04 Å². The molecule has 0 aliphatic heterocycles. The highest BCUT2D eigenvalue weighted by molar-refractivity contribution is 5.68. The van der Waals surface area contributed by atoms with Gasteiger partial charge in [-0.3, -0.25) is 0 Å². The van der Waals surface area contributed by atoms with Crippen LogP contribution >= 0.6 is 0 Å². The molecule has 5 heteroatoms. The van der Waals surface area contributed by atoms with E-state index in [0.717, 1.165) is 5.56 Å². The van der Waals surface area contributed by atoms with E-state index >= 15 is 0 Å². The Hall–Kier alpha value is -1.59. The van der Waals surface area contributed by atoms with Crippen molar-refractivity contribution in [1.29, 1.82) is 0 Å². The summed E-state index contributed by atoms with van der Waals surface area (Å²) in [7, 11) is 1.66. The molecule has 1 aromatic carbocycles. The quantitative estimate of drug-likeness (QED) is 0.848. The van der Waals surface area contributed by atoms with Gasteiger partial charge < -0.3 is 20.1 Å². The molecule has 0 saturated heterocycles. The Morgan fingerprint density at radius 2 is 1.86 bits per heavy atom. The lowest BCUT2D eigenvalue weighted by molar-refractivity contribution is -0.0236. The average molecular weight is 294 g/mol. The maximum absolute atomic E-state index is 12.0. The molecule has 1 aromatic rings. The van der Waals surface area contributed by atoms with Gasteiger partial charge in [0.2, 0.25) is 0 Å². The summed E-state index contributed by atoms with van der Waals surface area (Å²) in [6, 6.07) is 9.48. The lowest BCUT2D eigenvalue weighted by Gasteiger charge is -2.31. The first kappa shape index (κ1) is 17.5. The van der Waals surface area contributed by atoms with Crippen LogP contribution in [0.1, 0.15) is 33.3 Å². The van der Waals surface area contributed by atoms with Gasteiger partial charge in [-0.1, -0.05) is 30.3 Å². The van der Waals surface area contributed by atoms with Crippen LogP contribution in [-0.2, 0) is 16.1 Å². The molecule has 0 saturated carbocycles. The molecule has 0 heterocycles. The van der Waals surface area contributed by atoms with Crippen LogP contribution in [0.2, 0.25) is 0 Å². The second kappa shape index (κ2) is 7.43. The minimum absolute atomic E-state index is 0.288. The van der Waals surface area contributed by atoms with E-state index in [1.807, 2.05) is 58.0 Å². The molecule has 0 aliphatic rings. The number of hydrogen-bond donors (Lipinski definition) is 1. The van der Waals surface area contributed by atoms with Crippen LogP contribution in [0.25, 0.3) is 0 Å². The van der Waals surface area contributed by atoms with E-state index in [1.165, 1.54) is 4.90 Å². The van der Waals surface area contributed by atoms with E-state index in [0.29, 0.717) is 6.61 Å². The summed E-state index contributed by atoms with van der Waals surface area (Å²) < 4.78 is 10.9. The molecule has 0 radical (unpaired) electrons. The van der Waals surface area contributed by atoms with Crippen LogP contribution in [0.3, 0.4) is 0 Å². The number of amides is 1. The summed E-state index contributed by atoms with van der Waals surface area (Å²) in [6.07, 6.45) is -0.989. The Morgan fingerprint density at radius 3 is 2.38 bits per heavy atom. The van der Waals surface area contributed by atoms with Crippen molar-refractivity contribution in [1.82, 2.24) is 4.90 Å². The molecule has 0 aromatic heterocycles. The van der Waals surface area contributed by atoms with Crippen LogP contribution in [0, 0.1) is 0 Å². The molecular formula is C16H26N2O3. The molecular weight excluding hydrogens is 268 g/mol. The van der Waals surface area contributed by atoms with Crippen molar-refractivity contribution >= 4 is 6.09 Å². The number of benzene rings is 1. The van der Waals surface area contributed by atoms with Gasteiger partial charge in [0.15, 0.2) is 0 Å². The van der Waals surface area contributed by atoms with Gasteiger partial charge in [0.25, 0.3) is 0 Å². The van der Waals surface area contributed by atoms with Gasteiger partial charge in [-0.25, -0.2) is 4.79 Å². The van der Waals surface area contributed by atoms with Crippen molar-refractivity contribution in [3.8, 4) is 0 Å². The van der Waals surface area contributed by atoms with E-state index in [4.69, 9.17) is 15.2 Å². The topological polar surface area (TPSA) is 64.8 Å². The third-order valence-corrected chi connectivity index (χ3v) is 3.05. The molecule has 118 valence electrons. The molecule has 5 nitrogen and oxygen atoms in total. The number of rotatable bonds is 5. The lowest BCUT2D eigenvalue weighted by Crippen LogP contribution is -2.49. The Kier molecular flexibility index (Phi) is 6.18. The van der Waals surface area contributed by atoms with E-state index in [1.54, 1.807) is 7.05 Å². The average Bonchev–Trinajstić information content (AvgIpc) is 2.42. The summed E-state index contributed by atoms with van der Waals surface area (Å²) in [5.74, 6) is 0. The normalized spacial score (nSPS) is 14.4. The van der Waals surface area contributed by atoms with E-state index < -0.39 is 17.9 Å². The maximum atomic E-state index is 12.0. The number of ether oxygens (including phenoxy) is 2. The predicted octanol–water partition coefficient (Wildman–Crippen LogP) is 2.74. The first-order valence-electron chi connectivity index (χ1n) is 7.07. The highest BCUT2D eigenvalue weighted by Gasteiger charge is 2.26. The van der Waals surface area contributed by atoms with Crippen molar-refractivity contribution in [2.45, 2.75) is 52.2 Å². The minimum Gasteiger partial charge on any atom is -0.444 e. The smallest absolute Gasteiger partial charge is 0.410 e. The molecule has 0 spiro atoms. The van der Waals surface area contributed by atoms with Crippen LogP contribution < -0.4 is 5.73 Å². The molecule has 1 rings (SSSR count). The van der Waals surface area contributed by atoms with Crippen molar-refractivity contribution in [2.24, 2.45) is 5.73 Å². The Bertz CT molecular complexity index is 443. The predicted molar refractivity (Wildman–Crippen MR) is 82.7 cm³/mol. The second-order valence-corrected chi connectivity index (χ2v) is 6.09. The third-order valence-electron chi connectivity index (χ3n) is 3.05. The number of nitrogens with zero attached hydrogens (tertiary/aromatic N) is 1. The van der Waals surface area contributed by atoms with Gasteiger partial charge in [-0.15, -0.1) is 0 Å². The van der Waals surface area contributed by atoms with Crippen molar-refractivity contribution < 1.29 is 14.3 Å². The third kappa shape index (κ3) is 6.14. The van der Waals surface area contributed by atoms with Gasteiger partial charge in [-0.05, 0) is 33.3 Å². The standard InChI is InChI=1S/C16H26N2O3/c1-12(18(5)15(19)21-16(2,3)4)14(17)20-11-13-9-7-6-8-10-13/h6-10,12,14H,11,17H2,1-5H3. The van der Waals surface area contributed by atoms with Crippen molar-refractivity contribution in [3.63, 3.8) is 0 Å². The second-order valence-electron chi connectivity index (χ2n) is 6.09. The zero-order valence-corrected chi connectivity index (χ0v) is 13.5. The molecule has 2 atom stereocenters. The molecule has 21 heavy (non-hydrogen) atoms. The molecule has 1 amide bonds. The first-order valence-corrected chi connectivity index (χ1v) is 7.07. The zero-order chi connectivity index (χ0) is 16.0. The zero-order valence-electron chi connectivity index (χ0n) is 13.5. The summed E-state index contributed by atoms with van der Waals surface area (Å²) in [5, 5.41) is 0. The van der Waals surface area contributed by atoms with Crippen LogP contribution in [-0.4, -0.2) is 35.9 Å². The highest BCUT2D eigenvalue weighted by Crippen LogP contribution is 2.12. The molecule has 0 fully saturated rings. The summed E-state index contributed by atoms with van der Waals surface area (Å²) in [6.45, 7) is 7.73. The number of hydrogen-bond acceptors (Lipinski definition) is 4. The summed E-state index contributed by atoms with van der Waals surface area (Å²) >= 11 is 0. The van der Waals surface area contributed by atoms with Gasteiger partial charge in [0.05, 0.1) is 12.6 Å². The largest absolute Gasteiger partial charge is 0.444 e. The molecule has 0 aliphatic carbocycles. The van der Waals surface area contributed by atoms with E-state index in [2.05, 4.69) is 0 Å². The van der Waals surface area contributed by atoms with Gasteiger partial charge in [0, 0.05) is 7.05 Å². The number of likely N-dealkylation sites (N-methyl/N-ethyl adjacent to an activating group) is 1. The van der Waals surface area contributed by atoms with Crippen LogP contribution in [0.15, 0.2) is 30.3 Å². The monoisotopic (exact) mass is 294 g/mol. The Balaban J connectivity index is 2.49. The fourth-order valence-electron chi connectivity index (χ4n) is 1.63. The van der Waals surface area contributed by atoms with Gasteiger partial charge >= 0.3 is 6.09 Å². The van der Waals surface area contributed by atoms with Crippen LogP contribution in [0.4, 0.5) is 4.79 Å². The lowest BCUT2D eigenvalue weighted by atomic mass is 10.2. The summed E-state index contributed by atoms with van der Waals surface area (Å²) in [5.41, 5.74) is 6.51. The Morgan fingerprint density at radius 1 is 1.29 bits per heavy atom. The SMILES string of the molecule is CC(C(N)OCc1ccccc1)N(C)C(=O)OC(C)(C)C. The number of carbonyl (C=O) groups excluding carboxylic acids is 1. The number of carbonyl (C=O) groups is 1. The number of nitrogens with two attached hydrogens (primary N) is 1. The van der Waals surface area contributed by atoms with Gasteiger partial charge in [0.1, 0.15) is 11.8 Å². The fourth-order valence-corrected chi connectivity index (χ4v) is 1.63. The Labute approximate surface area is 127 Å². The van der Waals surface area contributed by atoms with Crippen molar-refractivity contribution in [3.05, 3.63) is 35.9 Å². The fraction of sp³-hybridized carbons (Fsp3) is 0.562. The van der Waals surface area contributed by atoms with E-state index in [9.17, 15) is 4.79 Å². The van der Waals surface area contributed by atoms with Crippen LogP contribution in [0.5, 0.6) is 0 Å². The molecule has 0 bridgehead atoms. The molecule has 2 N–H and O–H groups in total. The van der Waals surface area contributed by atoms with Crippen molar-refractivity contribution in [2.75, 3.05) is 7.05 Å². The minimum atomic E-state index is -0.581. The first-order chi connectivity index (χ1) is 9.70. The molecule has 2 unspecified atom stereocenters. The van der Waals surface area contributed by atoms with Gasteiger partial charge in [-0.2, -0.15) is 0 Å². The summed E-state index contributed by atoms with van der Waals surface area (Å²) in [4.78, 5) is 13.4.